The molecule has 0 aliphatic carbocycles. The summed E-state index contributed by atoms with van der Waals surface area (Å²) in [6.07, 6.45) is 0. The van der Waals surface area contributed by atoms with Gasteiger partial charge in [-0.3, -0.25) is 0 Å². The van der Waals surface area contributed by atoms with E-state index < -0.39 is 0 Å². The molecule has 0 amide bonds. The van der Waals surface area contributed by atoms with E-state index >= 15 is 0 Å². The lowest BCUT2D eigenvalue weighted by molar-refractivity contribution is 1.34. The highest BCUT2D eigenvalue weighted by Gasteiger charge is 2.00. The first-order chi connectivity index (χ1) is 5.79. The normalized spacial score (nSPS) is 8.33. The molecule has 12 heavy (non-hydrogen) atoms. The van der Waals surface area contributed by atoms with Crippen LogP contribution in [0.3, 0.4) is 0 Å². The van der Waals surface area contributed by atoms with Crippen LogP contribution in [0.5, 0.6) is 0 Å². The average Bonchev–Trinajstić information content (AvgIpc) is 2.09. The van der Waals surface area contributed by atoms with Gasteiger partial charge in [0.1, 0.15) is 0 Å². The molecule has 0 unspecified atom stereocenters. The maximum absolute atomic E-state index is 8.64. The minimum atomic E-state index is 0.410. The summed E-state index contributed by atoms with van der Waals surface area (Å²) in [5.41, 5.74) is 9.85. The lowest BCUT2D eigenvalue weighted by atomic mass is 10.1. The monoisotopic (exact) mass is 158 g/mol. The molecule has 0 bridgehead atoms. The smallest absolute Gasteiger partial charge is 0.0996 e. The van der Waals surface area contributed by atoms with E-state index in [-0.39, 0.29) is 0 Å². The number of nitriles is 1. The zero-order chi connectivity index (χ0) is 8.97. The van der Waals surface area contributed by atoms with Crippen molar-refractivity contribution in [1.29, 1.82) is 5.26 Å². The van der Waals surface area contributed by atoms with E-state index in [2.05, 4.69) is 10.0 Å². The number of rotatable bonds is 1. The zero-order valence-corrected chi connectivity index (χ0v) is 6.52. The summed E-state index contributed by atoms with van der Waals surface area (Å²) in [6.45, 7) is 1.80. The first-order valence-electron chi connectivity index (χ1n) is 3.34. The molecule has 0 spiro atoms. The fourth-order valence-electron chi connectivity index (χ4n) is 0.927. The lowest BCUT2D eigenvalue weighted by Gasteiger charge is -1.98. The maximum Gasteiger partial charge on any atom is 0.0996 e. The Morgan fingerprint density at radius 2 is 2.33 bits per heavy atom. The fourth-order valence-corrected chi connectivity index (χ4v) is 0.927. The molecule has 4 heteroatoms. The largest absolute Gasteiger partial charge is 0.192 e. The molecule has 1 aromatic carbocycles. The van der Waals surface area contributed by atoms with E-state index in [0.717, 1.165) is 5.56 Å². The van der Waals surface area contributed by atoms with Crippen molar-refractivity contribution in [2.45, 2.75) is 6.92 Å². The molecular formula is C8H6N4. The number of hydrogen-bond donors (Lipinski definition) is 0. The molecule has 0 N–H and O–H groups in total. The molecule has 1 aromatic rings. The third kappa shape index (κ3) is 1.36. The Labute approximate surface area is 69.7 Å². The van der Waals surface area contributed by atoms with Crippen LogP contribution >= 0.6 is 0 Å². The van der Waals surface area contributed by atoms with Gasteiger partial charge in [-0.2, -0.15) is 5.26 Å². The van der Waals surface area contributed by atoms with Crippen molar-refractivity contribution < 1.29 is 0 Å². The number of hydrogen-bond acceptors (Lipinski definition) is 2. The van der Waals surface area contributed by atoms with Crippen molar-refractivity contribution in [1.82, 2.24) is 0 Å². The summed E-state index contributed by atoms with van der Waals surface area (Å²) in [6, 6.07) is 7.13. The molecule has 0 radical (unpaired) electrons. The van der Waals surface area contributed by atoms with Crippen LogP contribution in [-0.4, -0.2) is 0 Å². The van der Waals surface area contributed by atoms with Crippen LogP contribution in [-0.2, 0) is 0 Å². The molecule has 1 rings (SSSR count). The molecule has 58 valence electrons. The van der Waals surface area contributed by atoms with Gasteiger partial charge >= 0.3 is 0 Å². The van der Waals surface area contributed by atoms with Crippen LogP contribution in [0.15, 0.2) is 23.3 Å². The second-order valence-electron chi connectivity index (χ2n) is 2.27. The number of aryl methyl sites for hydroxylation is 1. The summed E-state index contributed by atoms with van der Waals surface area (Å²) in [5, 5.41) is 12.1. The topological polar surface area (TPSA) is 72.5 Å². The summed E-state index contributed by atoms with van der Waals surface area (Å²) < 4.78 is 0. The van der Waals surface area contributed by atoms with E-state index in [1.165, 1.54) is 0 Å². The van der Waals surface area contributed by atoms with Crippen LogP contribution < -0.4 is 0 Å². The summed E-state index contributed by atoms with van der Waals surface area (Å²) in [7, 11) is 0. The van der Waals surface area contributed by atoms with Gasteiger partial charge in [0.15, 0.2) is 0 Å². The Hall–Kier alpha value is -1.98. The van der Waals surface area contributed by atoms with Crippen LogP contribution in [0, 0.1) is 18.3 Å². The third-order valence-corrected chi connectivity index (χ3v) is 1.50. The van der Waals surface area contributed by atoms with Crippen molar-refractivity contribution in [2.75, 3.05) is 0 Å². The predicted molar refractivity (Wildman–Crippen MR) is 44.7 cm³/mol. The number of azide groups is 1. The lowest BCUT2D eigenvalue weighted by Crippen LogP contribution is -1.78. The Morgan fingerprint density at radius 3 is 2.92 bits per heavy atom. The second kappa shape index (κ2) is 3.42. The van der Waals surface area contributed by atoms with Crippen molar-refractivity contribution in [3.05, 3.63) is 39.8 Å². The molecule has 0 saturated heterocycles. The Balaban J connectivity index is 3.41. The Bertz CT molecular complexity index is 383. The molecule has 0 fully saturated rings. The molecule has 0 aliphatic rings. The molecule has 0 saturated carbocycles. The van der Waals surface area contributed by atoms with Gasteiger partial charge in [-0.05, 0) is 24.1 Å². The van der Waals surface area contributed by atoms with E-state index in [0.29, 0.717) is 11.3 Å². The van der Waals surface area contributed by atoms with Gasteiger partial charge in [0, 0.05) is 4.91 Å². The van der Waals surface area contributed by atoms with Crippen molar-refractivity contribution in [3.63, 3.8) is 0 Å². The highest BCUT2D eigenvalue weighted by Crippen LogP contribution is 2.22. The van der Waals surface area contributed by atoms with E-state index in [1.54, 1.807) is 25.1 Å². The van der Waals surface area contributed by atoms with Crippen molar-refractivity contribution >= 4 is 5.69 Å². The third-order valence-electron chi connectivity index (χ3n) is 1.50. The SMILES string of the molecule is Cc1cccc(C#N)c1N=[N+]=[N-]. The Kier molecular flexibility index (Phi) is 2.32. The van der Waals surface area contributed by atoms with Gasteiger partial charge in [0.25, 0.3) is 0 Å². The molecule has 0 atom stereocenters. The van der Waals surface area contributed by atoms with Gasteiger partial charge in [0.05, 0.1) is 17.3 Å². The number of nitrogens with zero attached hydrogens (tertiary/aromatic N) is 4. The van der Waals surface area contributed by atoms with Gasteiger partial charge < -0.3 is 0 Å². The molecule has 0 aromatic heterocycles. The van der Waals surface area contributed by atoms with Crippen molar-refractivity contribution in [3.8, 4) is 6.07 Å². The fraction of sp³-hybridized carbons (Fsp3) is 0.125. The zero-order valence-electron chi connectivity index (χ0n) is 6.52. The predicted octanol–water partition coefficient (Wildman–Crippen LogP) is 2.81. The molecule has 0 heterocycles. The first-order valence-corrected chi connectivity index (χ1v) is 3.34. The summed E-state index contributed by atoms with van der Waals surface area (Å²) in [4.78, 5) is 2.65. The number of benzene rings is 1. The van der Waals surface area contributed by atoms with Crippen LogP contribution in [0.25, 0.3) is 10.4 Å². The van der Waals surface area contributed by atoms with Gasteiger partial charge in [-0.15, -0.1) is 0 Å². The van der Waals surface area contributed by atoms with E-state index in [1.807, 2.05) is 6.07 Å². The van der Waals surface area contributed by atoms with Gasteiger partial charge in [-0.1, -0.05) is 17.2 Å². The van der Waals surface area contributed by atoms with E-state index in [9.17, 15) is 0 Å². The standard InChI is InChI=1S/C8H6N4/c1-6-3-2-4-7(5-9)8(6)11-12-10/h2-4H,1H3. The maximum atomic E-state index is 8.64. The molecular weight excluding hydrogens is 152 g/mol. The highest BCUT2D eigenvalue weighted by molar-refractivity contribution is 5.57. The minimum Gasteiger partial charge on any atom is -0.192 e. The van der Waals surface area contributed by atoms with Crippen LogP contribution in [0.4, 0.5) is 5.69 Å². The average molecular weight is 158 g/mol. The van der Waals surface area contributed by atoms with Gasteiger partial charge in [0.2, 0.25) is 0 Å². The van der Waals surface area contributed by atoms with E-state index in [4.69, 9.17) is 10.8 Å². The summed E-state index contributed by atoms with van der Waals surface area (Å²) >= 11 is 0. The van der Waals surface area contributed by atoms with Crippen LogP contribution in [0.2, 0.25) is 0 Å². The summed E-state index contributed by atoms with van der Waals surface area (Å²) in [5.74, 6) is 0. The Morgan fingerprint density at radius 1 is 1.58 bits per heavy atom. The van der Waals surface area contributed by atoms with Gasteiger partial charge in [-0.25, -0.2) is 0 Å². The first kappa shape index (κ1) is 8.12. The highest BCUT2D eigenvalue weighted by atomic mass is 15.1. The second-order valence-corrected chi connectivity index (χ2v) is 2.27. The van der Waals surface area contributed by atoms with Crippen molar-refractivity contribution in [2.24, 2.45) is 5.11 Å². The quantitative estimate of drug-likeness (QED) is 0.352. The molecule has 0 aliphatic heterocycles. The van der Waals surface area contributed by atoms with Crippen LogP contribution in [0.1, 0.15) is 11.1 Å². The molecule has 4 nitrogen and oxygen atoms in total. The minimum absolute atomic E-state index is 0.410.